The molecule has 2 aromatic heterocycles. The van der Waals surface area contributed by atoms with Gasteiger partial charge in [-0.15, -0.1) is 0 Å². The van der Waals surface area contributed by atoms with Gasteiger partial charge < -0.3 is 18.9 Å². The predicted octanol–water partition coefficient (Wildman–Crippen LogP) is 2.96. The molecule has 1 N–H and O–H groups in total. The van der Waals surface area contributed by atoms with Gasteiger partial charge in [0, 0.05) is 25.2 Å². The minimum Gasteiger partial charge on any atom is -0.465 e. The average molecular weight is 459 g/mol. The predicted molar refractivity (Wildman–Crippen MR) is 117 cm³/mol. The lowest BCUT2D eigenvalue weighted by Gasteiger charge is -2.33. The van der Waals surface area contributed by atoms with Gasteiger partial charge in [-0.2, -0.15) is 0 Å². The first kappa shape index (κ1) is 22.3. The van der Waals surface area contributed by atoms with Gasteiger partial charge in [0.1, 0.15) is 11.5 Å². The summed E-state index contributed by atoms with van der Waals surface area (Å²) in [4.78, 5) is 15.3. The molecule has 1 aliphatic rings. The molecule has 8 nitrogen and oxygen atoms in total. The number of hydrogen-bond acceptors (Lipinski definition) is 7. The van der Waals surface area contributed by atoms with E-state index in [1.165, 1.54) is 24.5 Å². The molecule has 1 fully saturated rings. The number of hydrogen-bond donors (Lipinski definition) is 1. The maximum absolute atomic E-state index is 12.9. The first-order chi connectivity index (χ1) is 15.4. The second-order valence-electron chi connectivity index (χ2n) is 7.67. The summed E-state index contributed by atoms with van der Waals surface area (Å²) in [7, 11) is -3.61. The highest BCUT2D eigenvalue weighted by Crippen LogP contribution is 2.24. The van der Waals surface area contributed by atoms with Crippen LogP contribution in [0.5, 0.6) is 0 Å². The van der Waals surface area contributed by atoms with Crippen molar-refractivity contribution in [2.45, 2.75) is 23.6 Å². The molecule has 0 aliphatic carbocycles. The molecule has 1 amide bonds. The van der Waals surface area contributed by atoms with Crippen molar-refractivity contribution in [2.24, 2.45) is 0 Å². The fourth-order valence-electron chi connectivity index (χ4n) is 3.77. The minimum absolute atomic E-state index is 0.000795. The van der Waals surface area contributed by atoms with Crippen molar-refractivity contribution in [1.82, 2.24) is 10.2 Å². The number of carbonyl (C=O) groups excluding carboxylic acids is 1. The van der Waals surface area contributed by atoms with Crippen LogP contribution in [0.2, 0.25) is 0 Å². The highest BCUT2D eigenvalue weighted by Gasteiger charge is 2.27. The Morgan fingerprint density at radius 1 is 1.09 bits per heavy atom. The highest BCUT2D eigenvalue weighted by molar-refractivity contribution is 7.90. The Kier molecular flexibility index (Phi) is 6.78. The summed E-state index contributed by atoms with van der Waals surface area (Å²) in [5, 5.41) is 2.89. The number of ether oxygens (including phenoxy) is 1. The van der Waals surface area contributed by atoms with Crippen molar-refractivity contribution in [3.63, 3.8) is 0 Å². The molecule has 1 atom stereocenters. The Morgan fingerprint density at radius 3 is 2.53 bits per heavy atom. The van der Waals surface area contributed by atoms with E-state index in [1.807, 2.05) is 19.1 Å². The highest BCUT2D eigenvalue weighted by atomic mass is 32.2. The maximum atomic E-state index is 12.9. The molecule has 3 heterocycles. The van der Waals surface area contributed by atoms with Gasteiger partial charge in [-0.25, -0.2) is 8.42 Å². The van der Waals surface area contributed by atoms with E-state index in [-0.39, 0.29) is 29.0 Å². The summed E-state index contributed by atoms with van der Waals surface area (Å²) in [6.07, 6.45) is 1.33. The van der Waals surface area contributed by atoms with Crippen molar-refractivity contribution in [1.29, 1.82) is 0 Å². The van der Waals surface area contributed by atoms with Gasteiger partial charge in [-0.05, 0) is 37.3 Å². The van der Waals surface area contributed by atoms with Crippen molar-refractivity contribution in [2.75, 3.05) is 32.8 Å². The molecule has 0 spiro atoms. The first-order valence-electron chi connectivity index (χ1n) is 10.4. The second kappa shape index (κ2) is 9.72. The number of rotatable bonds is 8. The van der Waals surface area contributed by atoms with E-state index >= 15 is 0 Å². The van der Waals surface area contributed by atoms with Gasteiger partial charge in [0.05, 0.1) is 36.2 Å². The quantitative estimate of drug-likeness (QED) is 0.554. The Labute approximate surface area is 187 Å². The Balaban J connectivity index is 1.47. The molecule has 0 radical (unpaired) electrons. The minimum atomic E-state index is -3.61. The number of amides is 1. The average Bonchev–Trinajstić information content (AvgIpc) is 3.44. The zero-order chi connectivity index (χ0) is 22.6. The van der Waals surface area contributed by atoms with Crippen molar-refractivity contribution >= 4 is 15.7 Å². The molecule has 1 unspecified atom stereocenters. The van der Waals surface area contributed by atoms with Crippen LogP contribution >= 0.6 is 0 Å². The third-order valence-electron chi connectivity index (χ3n) is 5.43. The molecule has 32 heavy (non-hydrogen) atoms. The SMILES string of the molecule is Cc1ccc(C(CNC(=O)c2occc2CS(=O)(=O)c2ccccc2)N2CCOCC2)o1. The lowest BCUT2D eigenvalue weighted by atomic mass is 10.1. The van der Waals surface area contributed by atoms with Gasteiger partial charge in [0.2, 0.25) is 0 Å². The molecule has 4 rings (SSSR count). The number of sulfone groups is 1. The zero-order valence-corrected chi connectivity index (χ0v) is 18.6. The lowest BCUT2D eigenvalue weighted by molar-refractivity contribution is 0.0116. The van der Waals surface area contributed by atoms with Crippen molar-refractivity contribution in [3.05, 3.63) is 77.6 Å². The third kappa shape index (κ3) is 5.12. The summed E-state index contributed by atoms with van der Waals surface area (Å²) >= 11 is 0. The number of nitrogens with zero attached hydrogens (tertiary/aromatic N) is 1. The lowest BCUT2D eigenvalue weighted by Crippen LogP contribution is -2.43. The van der Waals surface area contributed by atoms with Gasteiger partial charge in [-0.1, -0.05) is 18.2 Å². The summed E-state index contributed by atoms with van der Waals surface area (Å²) in [6, 6.07) is 13.3. The molecule has 0 bridgehead atoms. The van der Waals surface area contributed by atoms with E-state index in [4.69, 9.17) is 13.6 Å². The maximum Gasteiger partial charge on any atom is 0.287 e. The van der Waals surface area contributed by atoms with Crippen LogP contribution in [-0.2, 0) is 20.3 Å². The van der Waals surface area contributed by atoms with E-state index < -0.39 is 15.7 Å². The van der Waals surface area contributed by atoms with Crippen LogP contribution in [0.3, 0.4) is 0 Å². The van der Waals surface area contributed by atoms with E-state index in [0.717, 1.165) is 24.6 Å². The van der Waals surface area contributed by atoms with Crippen LogP contribution in [0.1, 0.15) is 33.7 Å². The molecule has 1 saturated heterocycles. The fourth-order valence-corrected chi connectivity index (χ4v) is 5.14. The third-order valence-corrected chi connectivity index (χ3v) is 7.11. The van der Waals surface area contributed by atoms with Crippen molar-refractivity contribution < 1.29 is 26.8 Å². The number of morpholine rings is 1. The van der Waals surface area contributed by atoms with Gasteiger partial charge >= 0.3 is 0 Å². The standard InChI is InChI=1S/C23H26N2O6S/c1-17-7-8-21(31-17)20(25-10-13-29-14-11-25)15-24-23(26)22-18(9-12-30-22)16-32(27,28)19-5-3-2-4-6-19/h2-9,12,20H,10-11,13-16H2,1H3,(H,24,26). The largest absolute Gasteiger partial charge is 0.465 e. The number of nitrogens with one attached hydrogen (secondary N) is 1. The summed E-state index contributed by atoms with van der Waals surface area (Å²) in [5.74, 6) is 0.774. The van der Waals surface area contributed by atoms with Crippen LogP contribution in [0, 0.1) is 6.92 Å². The second-order valence-corrected chi connectivity index (χ2v) is 9.66. The Morgan fingerprint density at radius 2 is 1.84 bits per heavy atom. The summed E-state index contributed by atoms with van der Waals surface area (Å²) in [6.45, 7) is 4.84. The van der Waals surface area contributed by atoms with Crippen molar-refractivity contribution in [3.8, 4) is 0 Å². The topological polar surface area (TPSA) is 102 Å². The molecule has 170 valence electrons. The summed E-state index contributed by atoms with van der Waals surface area (Å²) in [5.41, 5.74) is 0.322. The molecule has 9 heteroatoms. The van der Waals surface area contributed by atoms with E-state index in [2.05, 4.69) is 10.2 Å². The van der Waals surface area contributed by atoms with E-state index in [0.29, 0.717) is 18.8 Å². The smallest absolute Gasteiger partial charge is 0.287 e. The molecule has 0 saturated carbocycles. The monoisotopic (exact) mass is 458 g/mol. The normalized spacial score (nSPS) is 16.0. The number of carbonyl (C=O) groups is 1. The van der Waals surface area contributed by atoms with E-state index in [1.54, 1.807) is 18.2 Å². The summed E-state index contributed by atoms with van der Waals surface area (Å²) < 4.78 is 42.1. The van der Waals surface area contributed by atoms with E-state index in [9.17, 15) is 13.2 Å². The molecular formula is C23H26N2O6S. The van der Waals surface area contributed by atoms with Gasteiger partial charge in [0.25, 0.3) is 5.91 Å². The van der Waals surface area contributed by atoms with Crippen LogP contribution in [-0.4, -0.2) is 52.1 Å². The molecular weight excluding hydrogens is 432 g/mol. The molecule has 1 aromatic carbocycles. The van der Waals surface area contributed by atoms with Gasteiger partial charge in [0.15, 0.2) is 15.6 Å². The van der Waals surface area contributed by atoms with Crippen LogP contribution in [0.15, 0.2) is 68.5 Å². The van der Waals surface area contributed by atoms with Crippen LogP contribution in [0.25, 0.3) is 0 Å². The number of furan rings is 2. The zero-order valence-electron chi connectivity index (χ0n) is 17.8. The van der Waals surface area contributed by atoms with Crippen LogP contribution in [0.4, 0.5) is 0 Å². The number of benzene rings is 1. The Hall–Kier alpha value is -2.88. The first-order valence-corrected chi connectivity index (χ1v) is 12.1. The van der Waals surface area contributed by atoms with Crippen LogP contribution < -0.4 is 5.32 Å². The fraction of sp³-hybridized carbons (Fsp3) is 0.348. The molecule has 3 aromatic rings. The van der Waals surface area contributed by atoms with Gasteiger partial charge in [-0.3, -0.25) is 9.69 Å². The number of aryl methyl sites for hydroxylation is 1. The molecule has 1 aliphatic heterocycles. The Bertz CT molecular complexity index is 1150.